The minimum Gasteiger partial charge on any atom is -0.489 e. The predicted molar refractivity (Wildman–Crippen MR) is 142 cm³/mol. The lowest BCUT2D eigenvalue weighted by Crippen LogP contribution is -2.43. The molecule has 0 N–H and O–H groups in total. The molecule has 0 fully saturated rings. The number of carbonyl (C=O) groups excluding carboxylic acids is 1. The molecule has 0 saturated heterocycles. The standard InChI is InChI=1S/C29H37NO5Si/c1-29(2,3)36(5,6)35-26(27-30-18-25(34-27)28(31)32-4)23-13-12-22-17-24(15-14-21(22)16-23)33-19-20-10-8-7-9-11-20/h7-11,14-15,17-18,23,26H,12-13,16,19H2,1-6H3. The fourth-order valence-electron chi connectivity index (χ4n) is 4.31. The SMILES string of the molecule is COC(=O)c1cnc(C(O[Si](C)(C)C(C)(C)C)C2CCc3cc(OCc4ccccc4)ccc3C2)o1. The van der Waals surface area contributed by atoms with E-state index in [1.807, 2.05) is 24.3 Å². The van der Waals surface area contributed by atoms with Gasteiger partial charge in [0.25, 0.3) is 0 Å². The fraction of sp³-hybridized carbons (Fsp3) is 0.448. The highest BCUT2D eigenvalue weighted by Crippen LogP contribution is 2.44. The molecule has 36 heavy (non-hydrogen) atoms. The van der Waals surface area contributed by atoms with E-state index in [9.17, 15) is 4.79 Å². The number of hydrogen-bond acceptors (Lipinski definition) is 6. The number of rotatable bonds is 8. The van der Waals surface area contributed by atoms with Crippen LogP contribution in [0.3, 0.4) is 0 Å². The summed E-state index contributed by atoms with van der Waals surface area (Å²) >= 11 is 0. The van der Waals surface area contributed by atoms with E-state index in [1.165, 1.54) is 24.4 Å². The van der Waals surface area contributed by atoms with Gasteiger partial charge in [-0.15, -0.1) is 0 Å². The lowest BCUT2D eigenvalue weighted by atomic mass is 9.81. The molecule has 0 radical (unpaired) electrons. The monoisotopic (exact) mass is 507 g/mol. The molecule has 0 amide bonds. The molecule has 0 bridgehead atoms. The van der Waals surface area contributed by atoms with Gasteiger partial charge in [-0.25, -0.2) is 9.78 Å². The number of methoxy groups -OCH3 is 1. The zero-order chi connectivity index (χ0) is 25.9. The molecular formula is C29H37NO5Si. The van der Waals surface area contributed by atoms with Gasteiger partial charge in [0.05, 0.1) is 13.3 Å². The van der Waals surface area contributed by atoms with Crippen LogP contribution in [0.25, 0.3) is 0 Å². The number of nitrogens with zero attached hydrogens (tertiary/aromatic N) is 1. The smallest absolute Gasteiger partial charge is 0.375 e. The van der Waals surface area contributed by atoms with Gasteiger partial charge in [-0.1, -0.05) is 57.2 Å². The van der Waals surface area contributed by atoms with E-state index in [0.717, 1.165) is 30.6 Å². The van der Waals surface area contributed by atoms with Crippen molar-refractivity contribution >= 4 is 14.3 Å². The Kier molecular flexibility index (Phi) is 7.71. The zero-order valence-corrected chi connectivity index (χ0v) is 23.2. The van der Waals surface area contributed by atoms with Gasteiger partial charge in [0.1, 0.15) is 18.5 Å². The Morgan fingerprint density at radius 3 is 2.58 bits per heavy atom. The van der Waals surface area contributed by atoms with Crippen LogP contribution in [0.2, 0.25) is 18.1 Å². The first kappa shape index (κ1) is 26.2. The molecule has 2 unspecified atom stereocenters. The maximum Gasteiger partial charge on any atom is 0.375 e. The van der Waals surface area contributed by atoms with Gasteiger partial charge in [0, 0.05) is 0 Å². The Hall–Kier alpha value is -2.90. The van der Waals surface area contributed by atoms with Crippen molar-refractivity contribution < 1.29 is 23.1 Å². The average Bonchev–Trinajstić information content (AvgIpc) is 3.35. The summed E-state index contributed by atoms with van der Waals surface area (Å²) in [7, 11) is -0.803. The lowest BCUT2D eigenvalue weighted by molar-refractivity contribution is 0.0534. The first-order chi connectivity index (χ1) is 17.1. The Morgan fingerprint density at radius 1 is 1.14 bits per heavy atom. The minimum atomic E-state index is -2.14. The first-order valence-corrected chi connectivity index (χ1v) is 15.5. The topological polar surface area (TPSA) is 70.8 Å². The van der Waals surface area contributed by atoms with Gasteiger partial charge < -0.3 is 18.3 Å². The molecule has 2 aromatic carbocycles. The lowest BCUT2D eigenvalue weighted by Gasteiger charge is -2.41. The Balaban J connectivity index is 1.54. The van der Waals surface area contributed by atoms with Crippen LogP contribution in [0, 0.1) is 5.92 Å². The number of oxazole rings is 1. The number of ether oxygens (including phenoxy) is 2. The third-order valence-corrected chi connectivity index (χ3v) is 12.0. The molecule has 1 aromatic heterocycles. The van der Waals surface area contributed by atoms with E-state index in [-0.39, 0.29) is 22.8 Å². The van der Waals surface area contributed by atoms with Crippen molar-refractivity contribution in [1.82, 2.24) is 4.98 Å². The van der Waals surface area contributed by atoms with Crippen molar-refractivity contribution in [3.05, 3.63) is 83.1 Å². The van der Waals surface area contributed by atoms with Gasteiger partial charge in [0.15, 0.2) is 8.32 Å². The molecule has 1 aliphatic carbocycles. The second-order valence-corrected chi connectivity index (χ2v) is 15.8. The van der Waals surface area contributed by atoms with Crippen LogP contribution < -0.4 is 4.74 Å². The van der Waals surface area contributed by atoms with Crippen molar-refractivity contribution in [3.63, 3.8) is 0 Å². The highest BCUT2D eigenvalue weighted by molar-refractivity contribution is 6.74. The highest BCUT2D eigenvalue weighted by atomic mass is 28.4. The average molecular weight is 508 g/mol. The van der Waals surface area contributed by atoms with Gasteiger partial charge >= 0.3 is 5.97 Å². The minimum absolute atomic E-state index is 0.0284. The zero-order valence-electron chi connectivity index (χ0n) is 22.2. The molecule has 7 heteroatoms. The van der Waals surface area contributed by atoms with E-state index >= 15 is 0 Å². The molecule has 1 aliphatic rings. The van der Waals surface area contributed by atoms with Gasteiger partial charge in [-0.3, -0.25) is 0 Å². The summed E-state index contributed by atoms with van der Waals surface area (Å²) in [5.41, 5.74) is 3.76. The van der Waals surface area contributed by atoms with Crippen LogP contribution in [-0.2, 0) is 28.6 Å². The van der Waals surface area contributed by atoms with Gasteiger partial charge in [-0.2, -0.15) is 0 Å². The first-order valence-electron chi connectivity index (χ1n) is 12.6. The third-order valence-electron chi connectivity index (χ3n) is 7.50. The summed E-state index contributed by atoms with van der Waals surface area (Å²) in [6.45, 7) is 11.7. The maximum atomic E-state index is 12.0. The number of fused-ring (bicyclic) bond motifs is 1. The van der Waals surface area contributed by atoms with Crippen LogP contribution in [0.1, 0.15) is 66.4 Å². The summed E-state index contributed by atoms with van der Waals surface area (Å²) in [5, 5.41) is 0.0284. The maximum absolute atomic E-state index is 12.0. The van der Waals surface area contributed by atoms with Crippen molar-refractivity contribution in [1.29, 1.82) is 0 Å². The van der Waals surface area contributed by atoms with Crippen molar-refractivity contribution in [2.24, 2.45) is 5.92 Å². The number of hydrogen-bond donors (Lipinski definition) is 0. The largest absolute Gasteiger partial charge is 0.489 e. The van der Waals surface area contributed by atoms with Crippen LogP contribution in [0.5, 0.6) is 5.75 Å². The Morgan fingerprint density at radius 2 is 1.89 bits per heavy atom. The molecule has 0 spiro atoms. The number of benzene rings is 2. The second-order valence-electron chi connectivity index (χ2n) is 11.1. The van der Waals surface area contributed by atoms with E-state index in [4.69, 9.17) is 18.3 Å². The Labute approximate surface area is 215 Å². The molecule has 3 aromatic rings. The predicted octanol–water partition coefficient (Wildman–Crippen LogP) is 6.91. The molecule has 0 aliphatic heterocycles. The molecule has 6 nitrogen and oxygen atoms in total. The summed E-state index contributed by atoms with van der Waals surface area (Å²) in [6, 6.07) is 16.6. The van der Waals surface area contributed by atoms with Crippen LogP contribution in [-0.4, -0.2) is 26.4 Å². The van der Waals surface area contributed by atoms with E-state index < -0.39 is 14.3 Å². The summed E-state index contributed by atoms with van der Waals surface area (Å²) in [5.74, 6) is 1.11. The molecule has 0 saturated carbocycles. The summed E-state index contributed by atoms with van der Waals surface area (Å²) in [6.07, 6.45) is 3.82. The molecular weight excluding hydrogens is 470 g/mol. The normalized spacial score (nSPS) is 16.8. The van der Waals surface area contributed by atoms with Gasteiger partial charge in [-0.05, 0) is 72.1 Å². The van der Waals surface area contributed by atoms with E-state index in [2.05, 4.69) is 63.1 Å². The van der Waals surface area contributed by atoms with Crippen LogP contribution in [0.4, 0.5) is 0 Å². The third kappa shape index (κ3) is 5.90. The number of carbonyl (C=O) groups is 1. The van der Waals surface area contributed by atoms with Crippen molar-refractivity contribution in [2.45, 2.75) is 70.9 Å². The Bertz CT molecular complexity index is 1180. The molecule has 1 heterocycles. The van der Waals surface area contributed by atoms with Crippen molar-refractivity contribution in [3.8, 4) is 5.75 Å². The fourth-order valence-corrected chi connectivity index (χ4v) is 5.59. The second kappa shape index (κ2) is 10.6. The van der Waals surface area contributed by atoms with Gasteiger partial charge in [0.2, 0.25) is 11.7 Å². The molecule has 4 rings (SSSR count). The van der Waals surface area contributed by atoms with Crippen molar-refractivity contribution in [2.75, 3.05) is 7.11 Å². The molecule has 2 atom stereocenters. The van der Waals surface area contributed by atoms with E-state index in [0.29, 0.717) is 12.5 Å². The quantitative estimate of drug-likeness (QED) is 0.244. The van der Waals surface area contributed by atoms with Crippen LogP contribution >= 0.6 is 0 Å². The molecule has 192 valence electrons. The summed E-state index contributed by atoms with van der Waals surface area (Å²) in [4.78, 5) is 16.5. The number of aromatic nitrogens is 1. The highest BCUT2D eigenvalue weighted by Gasteiger charge is 2.43. The van der Waals surface area contributed by atoms with Crippen LogP contribution in [0.15, 0.2) is 59.1 Å². The summed E-state index contributed by atoms with van der Waals surface area (Å²) < 4.78 is 23.6. The number of aryl methyl sites for hydroxylation is 1. The van der Waals surface area contributed by atoms with E-state index in [1.54, 1.807) is 0 Å². The number of esters is 1.